The lowest BCUT2D eigenvalue weighted by Crippen LogP contribution is -2.41. The zero-order valence-electron chi connectivity index (χ0n) is 12.6. The summed E-state index contributed by atoms with van der Waals surface area (Å²) in [6, 6.07) is 2.28. The molecule has 114 valence electrons. The molecule has 0 aliphatic heterocycles. The molecule has 1 aromatic heterocycles. The minimum absolute atomic E-state index is 0.0788. The second-order valence-electron chi connectivity index (χ2n) is 5.36. The van der Waals surface area contributed by atoms with Gasteiger partial charge in [0.15, 0.2) is 0 Å². The van der Waals surface area contributed by atoms with Crippen LogP contribution in [0.5, 0.6) is 0 Å². The molecule has 0 spiro atoms. The van der Waals surface area contributed by atoms with Gasteiger partial charge in [-0.1, -0.05) is 31.1 Å². The first-order valence-electron chi connectivity index (χ1n) is 7.75. The Morgan fingerprint density at radius 2 is 2.19 bits per heavy atom. The van der Waals surface area contributed by atoms with E-state index in [2.05, 4.69) is 18.8 Å². The van der Waals surface area contributed by atoms with Crippen molar-refractivity contribution in [3.05, 3.63) is 21.9 Å². The van der Waals surface area contributed by atoms with Crippen LogP contribution in [0.15, 0.2) is 11.4 Å². The summed E-state index contributed by atoms with van der Waals surface area (Å²) in [5, 5.41) is 10.6. The molecule has 1 aliphatic carbocycles. The molecule has 0 saturated heterocycles. The van der Waals surface area contributed by atoms with Gasteiger partial charge in [0.2, 0.25) is 0 Å². The van der Waals surface area contributed by atoms with E-state index in [1.165, 1.54) is 30.6 Å². The van der Waals surface area contributed by atoms with Gasteiger partial charge in [-0.15, -0.1) is 11.3 Å². The van der Waals surface area contributed by atoms with E-state index in [0.29, 0.717) is 12.5 Å². The van der Waals surface area contributed by atoms with Gasteiger partial charge >= 0.3 is 0 Å². The van der Waals surface area contributed by atoms with Gasteiger partial charge in [-0.2, -0.15) is 0 Å². The van der Waals surface area contributed by atoms with E-state index in [-0.39, 0.29) is 12.5 Å². The summed E-state index contributed by atoms with van der Waals surface area (Å²) in [6.45, 7) is 2.90. The lowest BCUT2D eigenvalue weighted by Gasteiger charge is -2.33. The van der Waals surface area contributed by atoms with Crippen molar-refractivity contribution in [2.75, 3.05) is 13.2 Å². The van der Waals surface area contributed by atoms with Crippen molar-refractivity contribution in [1.29, 1.82) is 0 Å². The maximum Gasteiger partial charge on any atom is 0.254 e. The fraction of sp³-hybridized carbons (Fsp3) is 0.588. The number of carbonyl (C=O) groups excluding carboxylic acids is 1. The minimum atomic E-state index is 0.0788. The number of carbonyl (C=O) groups is 1. The lowest BCUT2D eigenvalue weighted by molar-refractivity contribution is 0.0648. The van der Waals surface area contributed by atoms with Gasteiger partial charge in [-0.05, 0) is 25.8 Å². The number of aliphatic hydroxyl groups is 1. The predicted octanol–water partition coefficient (Wildman–Crippen LogP) is 3.28. The Hall–Kier alpha value is -1.31. The molecule has 1 N–H and O–H groups in total. The van der Waals surface area contributed by atoms with Gasteiger partial charge in [-0.25, -0.2) is 0 Å². The van der Waals surface area contributed by atoms with Gasteiger partial charge in [0.1, 0.15) is 0 Å². The molecule has 2 rings (SSSR count). The quantitative estimate of drug-likeness (QED) is 0.867. The van der Waals surface area contributed by atoms with Crippen LogP contribution in [0.1, 0.15) is 60.7 Å². The first-order chi connectivity index (χ1) is 10.3. The average molecular weight is 305 g/mol. The predicted molar refractivity (Wildman–Crippen MR) is 86.5 cm³/mol. The van der Waals surface area contributed by atoms with Crippen LogP contribution in [0.2, 0.25) is 0 Å². The second-order valence-corrected chi connectivity index (χ2v) is 6.27. The first-order valence-corrected chi connectivity index (χ1v) is 8.63. The van der Waals surface area contributed by atoms with Gasteiger partial charge < -0.3 is 10.0 Å². The van der Waals surface area contributed by atoms with E-state index in [0.717, 1.165) is 29.8 Å². The molecule has 0 atom stereocenters. The monoisotopic (exact) mass is 305 g/mol. The Morgan fingerprint density at radius 3 is 2.86 bits per heavy atom. The normalized spacial score (nSPS) is 15.3. The number of amides is 1. The van der Waals surface area contributed by atoms with E-state index < -0.39 is 0 Å². The zero-order valence-corrected chi connectivity index (χ0v) is 13.4. The molecule has 0 aromatic carbocycles. The Kier molecular flexibility index (Phi) is 6.28. The van der Waals surface area contributed by atoms with E-state index in [1.807, 2.05) is 16.3 Å². The molecule has 1 saturated carbocycles. The van der Waals surface area contributed by atoms with Gasteiger partial charge in [0.25, 0.3) is 5.91 Å². The number of thiophene rings is 1. The van der Waals surface area contributed by atoms with Crippen molar-refractivity contribution in [2.45, 2.75) is 51.5 Å². The lowest BCUT2D eigenvalue weighted by atomic mass is 9.94. The Balaban J connectivity index is 2.05. The highest BCUT2D eigenvalue weighted by molar-refractivity contribution is 7.10. The Bertz CT molecular complexity index is 520. The van der Waals surface area contributed by atoms with Crippen LogP contribution in [-0.4, -0.2) is 35.1 Å². The van der Waals surface area contributed by atoms with E-state index >= 15 is 0 Å². The van der Waals surface area contributed by atoms with Gasteiger partial charge in [0, 0.05) is 24.4 Å². The summed E-state index contributed by atoms with van der Waals surface area (Å²) in [5.74, 6) is 6.03. The average Bonchev–Trinajstić information content (AvgIpc) is 2.98. The summed E-state index contributed by atoms with van der Waals surface area (Å²) in [7, 11) is 0. The fourth-order valence-corrected chi connectivity index (χ4v) is 3.59. The molecule has 1 aromatic rings. The van der Waals surface area contributed by atoms with Crippen LogP contribution < -0.4 is 0 Å². The summed E-state index contributed by atoms with van der Waals surface area (Å²) in [6.07, 6.45) is 6.50. The molecule has 0 bridgehead atoms. The van der Waals surface area contributed by atoms with Gasteiger partial charge in [0.05, 0.1) is 17.0 Å². The smallest absolute Gasteiger partial charge is 0.254 e. The van der Waals surface area contributed by atoms with Crippen LogP contribution in [0.4, 0.5) is 0 Å². The highest BCUT2D eigenvalue weighted by Gasteiger charge is 2.25. The standard InChI is InChI=1S/C17H23NO2S/c1-2-18(15-8-4-3-5-9-15)17(20)14-12-16(21-13-14)10-6-7-11-19/h12-13,15,19H,2-5,7-9,11H2,1H3. The van der Waals surface area contributed by atoms with Crippen molar-refractivity contribution < 1.29 is 9.90 Å². The van der Waals surface area contributed by atoms with Crippen LogP contribution in [0.3, 0.4) is 0 Å². The summed E-state index contributed by atoms with van der Waals surface area (Å²) >= 11 is 1.50. The maximum absolute atomic E-state index is 12.7. The molecule has 0 radical (unpaired) electrons. The van der Waals surface area contributed by atoms with Crippen molar-refractivity contribution in [3.8, 4) is 11.8 Å². The molecule has 4 heteroatoms. The molecule has 21 heavy (non-hydrogen) atoms. The molecule has 1 heterocycles. The summed E-state index contributed by atoms with van der Waals surface area (Å²) in [5.41, 5.74) is 0.751. The molecular weight excluding hydrogens is 282 g/mol. The van der Waals surface area contributed by atoms with Crippen molar-refractivity contribution >= 4 is 17.2 Å². The van der Waals surface area contributed by atoms with Crippen LogP contribution in [0.25, 0.3) is 0 Å². The molecule has 1 aliphatic rings. The summed E-state index contributed by atoms with van der Waals surface area (Å²) < 4.78 is 0. The third-order valence-electron chi connectivity index (χ3n) is 3.91. The van der Waals surface area contributed by atoms with Crippen molar-refractivity contribution in [2.24, 2.45) is 0 Å². The third kappa shape index (κ3) is 4.33. The maximum atomic E-state index is 12.7. The topological polar surface area (TPSA) is 40.5 Å². The van der Waals surface area contributed by atoms with Crippen LogP contribution in [-0.2, 0) is 0 Å². The number of rotatable bonds is 4. The highest BCUT2D eigenvalue weighted by atomic mass is 32.1. The largest absolute Gasteiger partial charge is 0.395 e. The highest BCUT2D eigenvalue weighted by Crippen LogP contribution is 2.25. The number of nitrogens with zero attached hydrogens (tertiary/aromatic N) is 1. The van der Waals surface area contributed by atoms with Crippen molar-refractivity contribution in [1.82, 2.24) is 4.90 Å². The molecule has 0 unspecified atom stereocenters. The Morgan fingerprint density at radius 1 is 1.43 bits per heavy atom. The van der Waals surface area contributed by atoms with E-state index in [4.69, 9.17) is 5.11 Å². The second kappa shape index (κ2) is 8.21. The summed E-state index contributed by atoms with van der Waals surface area (Å²) in [4.78, 5) is 15.6. The number of hydrogen-bond acceptors (Lipinski definition) is 3. The van der Waals surface area contributed by atoms with Gasteiger partial charge in [-0.3, -0.25) is 4.79 Å². The van der Waals surface area contributed by atoms with Crippen LogP contribution in [0, 0.1) is 11.8 Å². The zero-order chi connectivity index (χ0) is 15.1. The third-order valence-corrected chi connectivity index (χ3v) is 4.76. The Labute approximate surface area is 131 Å². The van der Waals surface area contributed by atoms with E-state index in [9.17, 15) is 4.79 Å². The molecular formula is C17H23NO2S. The SMILES string of the molecule is CCN(C(=O)c1csc(C#CCCO)c1)C1CCCCC1. The molecule has 1 amide bonds. The minimum Gasteiger partial charge on any atom is -0.395 e. The number of hydrogen-bond donors (Lipinski definition) is 1. The van der Waals surface area contributed by atoms with Crippen molar-refractivity contribution in [3.63, 3.8) is 0 Å². The molecule has 3 nitrogen and oxygen atoms in total. The first kappa shape index (κ1) is 16.1. The fourth-order valence-electron chi connectivity index (χ4n) is 2.85. The number of aliphatic hydroxyl groups excluding tert-OH is 1. The molecule has 1 fully saturated rings. The van der Waals surface area contributed by atoms with E-state index in [1.54, 1.807) is 0 Å². The van der Waals surface area contributed by atoms with Crippen LogP contribution >= 0.6 is 11.3 Å².